The number of carbonyl (C=O) groups excluding carboxylic acids is 3. The highest BCUT2D eigenvalue weighted by molar-refractivity contribution is 5.93. The molecule has 1 rings (SSSR count). The minimum absolute atomic E-state index is 0.0979. The van der Waals surface area contributed by atoms with Gasteiger partial charge in [0.05, 0.1) is 6.04 Å². The van der Waals surface area contributed by atoms with E-state index in [0.717, 1.165) is 19.4 Å². The van der Waals surface area contributed by atoms with E-state index in [2.05, 4.69) is 21.3 Å². The first-order chi connectivity index (χ1) is 12.1. The van der Waals surface area contributed by atoms with Crippen LogP contribution < -0.4 is 21.3 Å². The Labute approximate surface area is 153 Å². The van der Waals surface area contributed by atoms with Gasteiger partial charge in [-0.1, -0.05) is 13.8 Å². The lowest BCUT2D eigenvalue weighted by molar-refractivity contribution is -0.142. The van der Waals surface area contributed by atoms with E-state index in [1.54, 1.807) is 0 Å². The molecule has 3 amide bonds. The van der Waals surface area contributed by atoms with E-state index in [1.807, 2.05) is 13.8 Å². The average Bonchev–Trinajstić information content (AvgIpc) is 3.07. The molecule has 0 aliphatic carbocycles. The third kappa shape index (κ3) is 6.99. The Bertz CT molecular complexity index is 531. The maximum absolute atomic E-state index is 12.2. The van der Waals surface area contributed by atoms with Gasteiger partial charge in [-0.3, -0.25) is 14.4 Å². The smallest absolute Gasteiger partial charge is 0.326 e. The number of rotatable bonds is 9. The topological polar surface area (TPSA) is 137 Å². The van der Waals surface area contributed by atoms with E-state index in [0.29, 0.717) is 6.42 Å². The Kier molecular flexibility index (Phi) is 8.50. The molecule has 9 nitrogen and oxygen atoms in total. The normalized spacial score (nSPS) is 20.1. The lowest BCUT2D eigenvalue weighted by Gasteiger charge is -2.22. The van der Waals surface area contributed by atoms with Gasteiger partial charge in [-0.15, -0.1) is 0 Å². The van der Waals surface area contributed by atoms with Crippen LogP contribution in [0.3, 0.4) is 0 Å². The summed E-state index contributed by atoms with van der Waals surface area (Å²) in [4.78, 5) is 47.5. The quantitative estimate of drug-likeness (QED) is 0.366. The minimum Gasteiger partial charge on any atom is -0.480 e. The van der Waals surface area contributed by atoms with Crippen LogP contribution in [0.2, 0.25) is 0 Å². The second-order valence-corrected chi connectivity index (χ2v) is 7.14. The summed E-state index contributed by atoms with van der Waals surface area (Å²) in [6, 6.07) is -3.02. The molecule has 1 aliphatic heterocycles. The van der Waals surface area contributed by atoms with Crippen LogP contribution in [0, 0.1) is 5.92 Å². The summed E-state index contributed by atoms with van der Waals surface area (Å²) in [5.74, 6) is -2.35. The van der Waals surface area contributed by atoms with E-state index >= 15 is 0 Å². The Morgan fingerprint density at radius 3 is 2.08 bits per heavy atom. The van der Waals surface area contributed by atoms with Crippen LogP contribution in [0.5, 0.6) is 0 Å². The molecule has 4 unspecified atom stereocenters. The fraction of sp³-hybridized carbons (Fsp3) is 0.765. The Morgan fingerprint density at radius 1 is 1.00 bits per heavy atom. The minimum atomic E-state index is -1.12. The molecule has 0 bridgehead atoms. The number of carboxylic acids is 1. The van der Waals surface area contributed by atoms with Crippen LogP contribution in [0.15, 0.2) is 0 Å². The third-order valence-electron chi connectivity index (χ3n) is 4.20. The van der Waals surface area contributed by atoms with Gasteiger partial charge < -0.3 is 26.4 Å². The summed E-state index contributed by atoms with van der Waals surface area (Å²) in [5.41, 5.74) is 0. The number of nitrogens with one attached hydrogen (secondary N) is 4. The highest BCUT2D eigenvalue weighted by Crippen LogP contribution is 2.06. The highest BCUT2D eigenvalue weighted by Gasteiger charge is 2.28. The summed E-state index contributed by atoms with van der Waals surface area (Å²) in [5, 5.41) is 19.7. The number of amides is 3. The molecular formula is C17H30N4O5. The maximum atomic E-state index is 12.2. The van der Waals surface area contributed by atoms with Crippen molar-refractivity contribution in [2.24, 2.45) is 5.92 Å². The number of hydrogen-bond acceptors (Lipinski definition) is 5. The van der Waals surface area contributed by atoms with Gasteiger partial charge in [0.2, 0.25) is 17.7 Å². The van der Waals surface area contributed by atoms with Crippen molar-refractivity contribution < 1.29 is 24.3 Å². The summed E-state index contributed by atoms with van der Waals surface area (Å²) >= 11 is 0. The first-order valence-electron chi connectivity index (χ1n) is 8.99. The third-order valence-corrected chi connectivity index (χ3v) is 4.20. The zero-order chi connectivity index (χ0) is 19.9. The van der Waals surface area contributed by atoms with Crippen molar-refractivity contribution in [2.75, 3.05) is 6.54 Å². The molecule has 0 spiro atoms. The van der Waals surface area contributed by atoms with Crippen LogP contribution in [-0.2, 0) is 19.2 Å². The van der Waals surface area contributed by atoms with Gasteiger partial charge in [0.1, 0.15) is 18.1 Å². The van der Waals surface area contributed by atoms with Crippen molar-refractivity contribution in [2.45, 2.75) is 71.1 Å². The lowest BCUT2D eigenvalue weighted by Crippen LogP contribution is -2.55. The van der Waals surface area contributed by atoms with Crippen LogP contribution >= 0.6 is 0 Å². The molecule has 0 aromatic carbocycles. The van der Waals surface area contributed by atoms with Gasteiger partial charge in [0, 0.05) is 0 Å². The van der Waals surface area contributed by atoms with Crippen molar-refractivity contribution in [1.29, 1.82) is 0 Å². The van der Waals surface area contributed by atoms with Crippen LogP contribution in [0.4, 0.5) is 0 Å². The number of hydrogen-bond donors (Lipinski definition) is 5. The Balaban J connectivity index is 2.49. The average molecular weight is 370 g/mol. The van der Waals surface area contributed by atoms with Gasteiger partial charge in [-0.05, 0) is 45.6 Å². The number of carbonyl (C=O) groups is 4. The first kappa shape index (κ1) is 21.9. The second-order valence-electron chi connectivity index (χ2n) is 7.14. The molecular weight excluding hydrogens is 340 g/mol. The second kappa shape index (κ2) is 10.1. The molecule has 1 fully saturated rings. The molecule has 9 heteroatoms. The summed E-state index contributed by atoms with van der Waals surface area (Å²) in [6.07, 6.45) is 1.94. The van der Waals surface area contributed by atoms with Crippen molar-refractivity contribution in [3.05, 3.63) is 0 Å². The lowest BCUT2D eigenvalue weighted by atomic mass is 10.0. The van der Waals surface area contributed by atoms with Crippen LogP contribution in [-0.4, -0.2) is 59.5 Å². The highest BCUT2D eigenvalue weighted by atomic mass is 16.4. The van der Waals surface area contributed by atoms with E-state index < -0.39 is 35.9 Å². The number of carboxylic acid groups (broad SMARTS) is 1. The van der Waals surface area contributed by atoms with Gasteiger partial charge in [-0.25, -0.2) is 4.79 Å². The van der Waals surface area contributed by atoms with Crippen molar-refractivity contribution >= 4 is 23.7 Å². The van der Waals surface area contributed by atoms with E-state index in [4.69, 9.17) is 0 Å². The largest absolute Gasteiger partial charge is 0.480 e. The zero-order valence-electron chi connectivity index (χ0n) is 15.8. The van der Waals surface area contributed by atoms with Crippen molar-refractivity contribution in [3.8, 4) is 0 Å². The summed E-state index contributed by atoms with van der Waals surface area (Å²) < 4.78 is 0. The molecule has 4 atom stereocenters. The van der Waals surface area contributed by atoms with E-state index in [-0.39, 0.29) is 17.9 Å². The molecule has 0 radical (unpaired) electrons. The summed E-state index contributed by atoms with van der Waals surface area (Å²) in [6.45, 7) is 7.49. The predicted molar refractivity (Wildman–Crippen MR) is 95.3 cm³/mol. The molecule has 1 aliphatic rings. The van der Waals surface area contributed by atoms with E-state index in [1.165, 1.54) is 13.8 Å². The zero-order valence-corrected chi connectivity index (χ0v) is 15.8. The molecule has 0 saturated carbocycles. The van der Waals surface area contributed by atoms with Gasteiger partial charge >= 0.3 is 5.97 Å². The molecule has 1 heterocycles. The van der Waals surface area contributed by atoms with Crippen LogP contribution in [0.25, 0.3) is 0 Å². The predicted octanol–water partition coefficient (Wildman–Crippen LogP) is -0.637. The fourth-order valence-corrected chi connectivity index (χ4v) is 2.68. The summed E-state index contributed by atoms with van der Waals surface area (Å²) in [7, 11) is 0. The Hall–Kier alpha value is -2.16. The van der Waals surface area contributed by atoms with Crippen molar-refractivity contribution in [1.82, 2.24) is 21.3 Å². The van der Waals surface area contributed by atoms with E-state index in [9.17, 15) is 24.3 Å². The Morgan fingerprint density at radius 2 is 1.58 bits per heavy atom. The standard InChI is InChI=1S/C17H30N4O5/c1-9(2)8-13(17(25)26)21-15(23)11(4)19-14(22)10(3)20-16(24)12-6-5-7-18-12/h9-13,18H,5-8H2,1-4H3,(H,19,22)(H,20,24)(H,21,23)(H,25,26). The fourth-order valence-electron chi connectivity index (χ4n) is 2.68. The van der Waals surface area contributed by atoms with Gasteiger partial charge in [-0.2, -0.15) is 0 Å². The monoisotopic (exact) mass is 370 g/mol. The maximum Gasteiger partial charge on any atom is 0.326 e. The molecule has 148 valence electrons. The molecule has 0 aromatic rings. The SMILES string of the molecule is CC(C)CC(NC(=O)C(C)NC(=O)C(C)NC(=O)C1CCCN1)C(=O)O. The van der Waals surface area contributed by atoms with Gasteiger partial charge in [0.25, 0.3) is 0 Å². The van der Waals surface area contributed by atoms with Gasteiger partial charge in [0.15, 0.2) is 0 Å². The molecule has 0 aromatic heterocycles. The molecule has 1 saturated heterocycles. The van der Waals surface area contributed by atoms with Crippen molar-refractivity contribution in [3.63, 3.8) is 0 Å². The molecule has 5 N–H and O–H groups in total. The van der Waals surface area contributed by atoms with Crippen LogP contribution in [0.1, 0.15) is 47.0 Å². The molecule has 26 heavy (non-hydrogen) atoms. The first-order valence-corrected chi connectivity index (χ1v) is 8.99. The number of aliphatic carboxylic acids is 1.